The summed E-state index contributed by atoms with van der Waals surface area (Å²) in [5, 5.41) is 9.30. The predicted molar refractivity (Wildman–Crippen MR) is 77.3 cm³/mol. The fourth-order valence-electron chi connectivity index (χ4n) is 2.21. The second-order valence-corrected chi connectivity index (χ2v) is 5.14. The molecule has 0 aliphatic carbocycles. The third kappa shape index (κ3) is 12.0. The van der Waals surface area contributed by atoms with Gasteiger partial charge in [-0.15, -0.1) is 0 Å². The summed E-state index contributed by atoms with van der Waals surface area (Å²) in [6.45, 7) is 6.28. The molecule has 1 unspecified atom stereocenters. The van der Waals surface area contributed by atoms with Gasteiger partial charge in [-0.1, -0.05) is 70.4 Å². The number of aliphatic hydroxyl groups is 1. The van der Waals surface area contributed by atoms with Crippen LogP contribution in [0.4, 0.5) is 0 Å². The first-order chi connectivity index (χ1) is 8.20. The van der Waals surface area contributed by atoms with Gasteiger partial charge in [0.25, 0.3) is 0 Å². The van der Waals surface area contributed by atoms with Crippen LogP contribution >= 0.6 is 0 Å². The van der Waals surface area contributed by atoms with Crippen molar-refractivity contribution in [2.24, 2.45) is 0 Å². The fourth-order valence-corrected chi connectivity index (χ4v) is 2.21. The number of rotatable bonds is 11. The maximum absolute atomic E-state index is 9.30. The first-order valence-electron chi connectivity index (χ1n) is 7.58. The maximum atomic E-state index is 9.30. The van der Waals surface area contributed by atoms with Crippen molar-refractivity contribution >= 4 is 0 Å². The van der Waals surface area contributed by atoms with Crippen LogP contribution in [-0.2, 0) is 0 Å². The van der Waals surface area contributed by atoms with Crippen molar-refractivity contribution in [3.05, 3.63) is 11.6 Å². The van der Waals surface area contributed by atoms with E-state index in [1.54, 1.807) is 0 Å². The molecule has 0 rings (SSSR count). The molecule has 0 aliphatic heterocycles. The third-order valence-electron chi connectivity index (χ3n) is 3.28. The summed E-state index contributed by atoms with van der Waals surface area (Å²) in [7, 11) is 0. The lowest BCUT2D eigenvalue weighted by molar-refractivity contribution is 0.242. The molecule has 0 spiro atoms. The SMILES string of the molecule is CCCCCCCCCCC(=CC(C)O)CC. The van der Waals surface area contributed by atoms with E-state index >= 15 is 0 Å². The van der Waals surface area contributed by atoms with Gasteiger partial charge < -0.3 is 5.11 Å². The quantitative estimate of drug-likeness (QED) is 0.387. The lowest BCUT2D eigenvalue weighted by Crippen LogP contribution is -1.96. The first-order valence-corrected chi connectivity index (χ1v) is 7.58. The van der Waals surface area contributed by atoms with Gasteiger partial charge in [0.15, 0.2) is 0 Å². The van der Waals surface area contributed by atoms with E-state index in [9.17, 15) is 5.11 Å². The van der Waals surface area contributed by atoms with Gasteiger partial charge in [0.2, 0.25) is 0 Å². The molecule has 0 aliphatic rings. The zero-order valence-electron chi connectivity index (χ0n) is 12.2. The van der Waals surface area contributed by atoms with E-state index in [2.05, 4.69) is 13.8 Å². The third-order valence-corrected chi connectivity index (χ3v) is 3.28. The van der Waals surface area contributed by atoms with Crippen molar-refractivity contribution in [1.82, 2.24) is 0 Å². The van der Waals surface area contributed by atoms with E-state index in [-0.39, 0.29) is 6.10 Å². The van der Waals surface area contributed by atoms with Crippen molar-refractivity contribution in [1.29, 1.82) is 0 Å². The lowest BCUT2D eigenvalue weighted by Gasteiger charge is -2.06. The molecule has 0 saturated heterocycles. The molecular formula is C16H32O. The fraction of sp³-hybridized carbons (Fsp3) is 0.875. The van der Waals surface area contributed by atoms with Gasteiger partial charge in [0.05, 0.1) is 6.10 Å². The molecule has 1 N–H and O–H groups in total. The highest BCUT2D eigenvalue weighted by molar-refractivity contribution is 5.03. The molecule has 102 valence electrons. The van der Waals surface area contributed by atoms with E-state index in [0.717, 1.165) is 6.42 Å². The highest BCUT2D eigenvalue weighted by atomic mass is 16.3. The van der Waals surface area contributed by atoms with Crippen molar-refractivity contribution in [3.63, 3.8) is 0 Å². The van der Waals surface area contributed by atoms with E-state index in [0.29, 0.717) is 0 Å². The normalized spacial score (nSPS) is 14.0. The van der Waals surface area contributed by atoms with Crippen LogP contribution in [0.5, 0.6) is 0 Å². The van der Waals surface area contributed by atoms with Crippen LogP contribution in [0.1, 0.15) is 85.0 Å². The zero-order valence-corrected chi connectivity index (χ0v) is 12.2. The Morgan fingerprint density at radius 3 is 1.94 bits per heavy atom. The standard InChI is InChI=1S/C16H32O/c1-4-6-7-8-9-10-11-12-13-16(5-2)14-15(3)17/h14-15,17H,4-13H2,1-3H3. The molecule has 1 atom stereocenters. The van der Waals surface area contributed by atoms with Gasteiger partial charge in [-0.05, 0) is 26.2 Å². The van der Waals surface area contributed by atoms with Gasteiger partial charge in [-0.25, -0.2) is 0 Å². The van der Waals surface area contributed by atoms with Crippen molar-refractivity contribution in [2.45, 2.75) is 91.1 Å². The number of aliphatic hydroxyl groups excluding tert-OH is 1. The van der Waals surface area contributed by atoms with Crippen LogP contribution in [0.3, 0.4) is 0 Å². The number of unbranched alkanes of at least 4 members (excludes halogenated alkanes) is 7. The minimum absolute atomic E-state index is 0.279. The Hall–Kier alpha value is -0.300. The van der Waals surface area contributed by atoms with Crippen LogP contribution in [0.25, 0.3) is 0 Å². The molecule has 1 nitrogen and oxygen atoms in total. The minimum Gasteiger partial charge on any atom is -0.389 e. The van der Waals surface area contributed by atoms with Crippen molar-refractivity contribution in [3.8, 4) is 0 Å². The summed E-state index contributed by atoms with van der Waals surface area (Å²) < 4.78 is 0. The van der Waals surface area contributed by atoms with Gasteiger partial charge in [0, 0.05) is 0 Å². The van der Waals surface area contributed by atoms with Gasteiger partial charge in [0.1, 0.15) is 0 Å². The van der Waals surface area contributed by atoms with Crippen LogP contribution in [-0.4, -0.2) is 11.2 Å². The number of hydrogen-bond acceptors (Lipinski definition) is 1. The molecule has 0 radical (unpaired) electrons. The molecule has 0 aromatic heterocycles. The molecular weight excluding hydrogens is 208 g/mol. The topological polar surface area (TPSA) is 20.2 Å². The average molecular weight is 240 g/mol. The Labute approximate surface area is 108 Å². The van der Waals surface area contributed by atoms with E-state index < -0.39 is 0 Å². The van der Waals surface area contributed by atoms with Gasteiger partial charge in [-0.2, -0.15) is 0 Å². The summed E-state index contributed by atoms with van der Waals surface area (Å²) in [4.78, 5) is 0. The maximum Gasteiger partial charge on any atom is 0.0695 e. The molecule has 0 fully saturated rings. The Balaban J connectivity index is 3.37. The summed E-state index contributed by atoms with van der Waals surface area (Å²) in [5.41, 5.74) is 1.42. The van der Waals surface area contributed by atoms with Crippen molar-refractivity contribution < 1.29 is 5.11 Å². The zero-order chi connectivity index (χ0) is 12.9. The summed E-state index contributed by atoms with van der Waals surface area (Å²) in [6.07, 6.45) is 15.0. The Morgan fingerprint density at radius 1 is 0.941 bits per heavy atom. The second-order valence-electron chi connectivity index (χ2n) is 5.14. The molecule has 0 heterocycles. The first kappa shape index (κ1) is 16.7. The van der Waals surface area contributed by atoms with Crippen LogP contribution in [0.15, 0.2) is 11.6 Å². The largest absolute Gasteiger partial charge is 0.389 e. The predicted octanol–water partition coefficient (Wildman–Crippen LogP) is 5.23. The molecule has 1 heteroatoms. The number of hydrogen-bond donors (Lipinski definition) is 1. The summed E-state index contributed by atoms with van der Waals surface area (Å²) in [6, 6.07) is 0. The van der Waals surface area contributed by atoms with E-state index in [1.807, 2.05) is 13.0 Å². The Kier molecular flexibility index (Phi) is 12.0. The lowest BCUT2D eigenvalue weighted by atomic mass is 10.0. The smallest absolute Gasteiger partial charge is 0.0695 e. The second kappa shape index (κ2) is 12.2. The van der Waals surface area contributed by atoms with Crippen LogP contribution < -0.4 is 0 Å². The van der Waals surface area contributed by atoms with Gasteiger partial charge in [-0.3, -0.25) is 0 Å². The molecule has 0 bridgehead atoms. The molecule has 0 aromatic rings. The monoisotopic (exact) mass is 240 g/mol. The van der Waals surface area contributed by atoms with Gasteiger partial charge >= 0.3 is 0 Å². The van der Waals surface area contributed by atoms with Crippen LogP contribution in [0.2, 0.25) is 0 Å². The Morgan fingerprint density at radius 2 is 1.47 bits per heavy atom. The van der Waals surface area contributed by atoms with E-state index in [1.165, 1.54) is 63.4 Å². The molecule has 0 saturated carbocycles. The van der Waals surface area contributed by atoms with Crippen molar-refractivity contribution in [2.75, 3.05) is 0 Å². The highest BCUT2D eigenvalue weighted by Gasteiger charge is 1.98. The summed E-state index contributed by atoms with van der Waals surface area (Å²) >= 11 is 0. The summed E-state index contributed by atoms with van der Waals surface area (Å²) in [5.74, 6) is 0. The molecule has 17 heavy (non-hydrogen) atoms. The van der Waals surface area contributed by atoms with E-state index in [4.69, 9.17) is 0 Å². The Bertz CT molecular complexity index is 182. The van der Waals surface area contributed by atoms with Crippen LogP contribution in [0, 0.1) is 0 Å². The highest BCUT2D eigenvalue weighted by Crippen LogP contribution is 2.15. The average Bonchev–Trinajstić information content (AvgIpc) is 2.30. The molecule has 0 amide bonds. The minimum atomic E-state index is -0.279. The molecule has 0 aromatic carbocycles. The number of allylic oxidation sites excluding steroid dienone is 1.